The van der Waals surface area contributed by atoms with Crippen molar-refractivity contribution in [3.05, 3.63) is 34.9 Å². The summed E-state index contributed by atoms with van der Waals surface area (Å²) in [7, 11) is -3.25. The third kappa shape index (κ3) is 4.97. The first kappa shape index (κ1) is 17.2. The highest BCUT2D eigenvalue weighted by atomic mass is 35.5. The summed E-state index contributed by atoms with van der Waals surface area (Å²) in [4.78, 5) is 14.3. The fraction of sp³-hybridized carbons (Fsp3) is 0.533. The van der Waals surface area contributed by atoms with Crippen LogP contribution >= 0.6 is 11.6 Å². The van der Waals surface area contributed by atoms with E-state index < -0.39 is 10.0 Å². The third-order valence-corrected chi connectivity index (χ3v) is 4.89. The maximum absolute atomic E-state index is 12.5. The molecule has 22 heavy (non-hydrogen) atoms. The normalized spacial score (nSPS) is 19.2. The fourth-order valence-electron chi connectivity index (χ4n) is 2.69. The molecule has 0 radical (unpaired) electrons. The Kier molecular flexibility index (Phi) is 5.83. The number of hydrogen-bond acceptors (Lipinski definition) is 3. The molecule has 1 saturated heterocycles. The SMILES string of the molecule is CS(=O)(=O)NC[C@H]1CCCCN1C(=O)Cc1ccccc1Cl. The van der Waals surface area contributed by atoms with E-state index in [9.17, 15) is 13.2 Å². The number of carbonyl (C=O) groups excluding carboxylic acids is 1. The Morgan fingerprint density at radius 3 is 2.77 bits per heavy atom. The topological polar surface area (TPSA) is 66.5 Å². The van der Waals surface area contributed by atoms with Gasteiger partial charge in [0.15, 0.2) is 0 Å². The number of likely N-dealkylation sites (tertiary alicyclic amines) is 1. The molecule has 2 rings (SSSR count). The molecule has 1 aromatic rings. The molecule has 0 spiro atoms. The predicted octanol–water partition coefficient (Wildman–Crippen LogP) is 1.81. The summed E-state index contributed by atoms with van der Waals surface area (Å²) in [5.41, 5.74) is 0.801. The van der Waals surface area contributed by atoms with Gasteiger partial charge in [-0.25, -0.2) is 13.1 Å². The zero-order valence-corrected chi connectivity index (χ0v) is 14.2. The number of piperidine rings is 1. The molecular formula is C15H21ClN2O3S. The second-order valence-electron chi connectivity index (χ2n) is 5.63. The molecule has 1 aliphatic rings. The van der Waals surface area contributed by atoms with E-state index in [1.165, 1.54) is 0 Å². The first-order valence-corrected chi connectivity index (χ1v) is 9.61. The number of amides is 1. The molecule has 1 fully saturated rings. The molecule has 1 aliphatic heterocycles. The van der Waals surface area contributed by atoms with Crippen molar-refractivity contribution in [3.8, 4) is 0 Å². The van der Waals surface area contributed by atoms with Crippen LogP contribution in [0.25, 0.3) is 0 Å². The van der Waals surface area contributed by atoms with Gasteiger partial charge < -0.3 is 4.90 Å². The number of rotatable bonds is 5. The molecule has 0 aliphatic carbocycles. The lowest BCUT2D eigenvalue weighted by Gasteiger charge is -2.36. The molecule has 1 N–H and O–H groups in total. The minimum atomic E-state index is -3.25. The van der Waals surface area contributed by atoms with Gasteiger partial charge in [0.05, 0.1) is 12.7 Å². The number of sulfonamides is 1. The Morgan fingerprint density at radius 1 is 1.36 bits per heavy atom. The van der Waals surface area contributed by atoms with Crippen molar-refractivity contribution in [2.24, 2.45) is 0 Å². The molecule has 1 amide bonds. The van der Waals surface area contributed by atoms with Crippen LogP contribution in [0.15, 0.2) is 24.3 Å². The molecule has 122 valence electrons. The molecule has 0 aromatic heterocycles. The highest BCUT2D eigenvalue weighted by Crippen LogP contribution is 2.21. The average molecular weight is 345 g/mol. The summed E-state index contributed by atoms with van der Waals surface area (Å²) in [6, 6.07) is 7.21. The van der Waals surface area contributed by atoms with Gasteiger partial charge in [0.25, 0.3) is 0 Å². The lowest BCUT2D eigenvalue weighted by Crippen LogP contribution is -2.49. The van der Waals surface area contributed by atoms with Gasteiger partial charge in [-0.1, -0.05) is 29.8 Å². The Morgan fingerprint density at radius 2 is 2.09 bits per heavy atom. The standard InChI is InChI=1S/C15H21ClN2O3S/c1-22(20,21)17-11-13-7-4-5-9-18(13)15(19)10-12-6-2-3-8-14(12)16/h2-3,6,8,13,17H,4-5,7,9-11H2,1H3/t13-/m1/s1. The van der Waals surface area contributed by atoms with Gasteiger partial charge in [-0.05, 0) is 30.9 Å². The van der Waals surface area contributed by atoms with Crippen LogP contribution in [0.5, 0.6) is 0 Å². The van der Waals surface area contributed by atoms with Gasteiger partial charge in [-0.3, -0.25) is 4.79 Å². The van der Waals surface area contributed by atoms with Gasteiger partial charge in [-0.2, -0.15) is 0 Å². The summed E-state index contributed by atoms with van der Waals surface area (Å²) in [5.74, 6) is -0.00639. The quantitative estimate of drug-likeness (QED) is 0.886. The molecule has 7 heteroatoms. The minimum Gasteiger partial charge on any atom is -0.338 e. The third-order valence-electron chi connectivity index (χ3n) is 3.83. The number of nitrogens with one attached hydrogen (secondary N) is 1. The van der Waals surface area contributed by atoms with Gasteiger partial charge in [0, 0.05) is 24.2 Å². The second-order valence-corrected chi connectivity index (χ2v) is 7.87. The van der Waals surface area contributed by atoms with Crippen LogP contribution in [0.4, 0.5) is 0 Å². The van der Waals surface area contributed by atoms with E-state index in [1.807, 2.05) is 18.2 Å². The van der Waals surface area contributed by atoms with Gasteiger partial charge in [0.2, 0.25) is 15.9 Å². The molecule has 0 saturated carbocycles. The average Bonchev–Trinajstić information content (AvgIpc) is 2.47. The summed E-state index contributed by atoms with van der Waals surface area (Å²) >= 11 is 6.10. The Hall–Kier alpha value is -1.11. The van der Waals surface area contributed by atoms with Crippen molar-refractivity contribution < 1.29 is 13.2 Å². The van der Waals surface area contributed by atoms with Crippen LogP contribution in [0.2, 0.25) is 5.02 Å². The molecule has 1 atom stereocenters. The van der Waals surface area contributed by atoms with Crippen molar-refractivity contribution in [3.63, 3.8) is 0 Å². The molecule has 0 unspecified atom stereocenters. The van der Waals surface area contributed by atoms with E-state index >= 15 is 0 Å². The maximum atomic E-state index is 12.5. The number of hydrogen-bond donors (Lipinski definition) is 1. The van der Waals surface area contributed by atoms with E-state index in [2.05, 4.69) is 4.72 Å². The zero-order chi connectivity index (χ0) is 16.2. The van der Waals surface area contributed by atoms with Gasteiger partial charge >= 0.3 is 0 Å². The number of nitrogens with zero attached hydrogens (tertiary/aromatic N) is 1. The highest BCUT2D eigenvalue weighted by Gasteiger charge is 2.27. The molecule has 0 bridgehead atoms. The van der Waals surface area contributed by atoms with Crippen LogP contribution in [0, 0.1) is 0 Å². The minimum absolute atomic E-state index is 0.00639. The largest absolute Gasteiger partial charge is 0.338 e. The van der Waals surface area contributed by atoms with Crippen molar-refractivity contribution in [1.82, 2.24) is 9.62 Å². The van der Waals surface area contributed by atoms with Crippen LogP contribution in [0.1, 0.15) is 24.8 Å². The lowest BCUT2D eigenvalue weighted by molar-refractivity contribution is -0.133. The van der Waals surface area contributed by atoms with Crippen LogP contribution in [-0.4, -0.2) is 44.6 Å². The van der Waals surface area contributed by atoms with Gasteiger partial charge in [-0.15, -0.1) is 0 Å². The maximum Gasteiger partial charge on any atom is 0.227 e. The summed E-state index contributed by atoms with van der Waals surface area (Å²) in [6.45, 7) is 0.937. The summed E-state index contributed by atoms with van der Waals surface area (Å²) < 4.78 is 25.0. The van der Waals surface area contributed by atoms with E-state index in [0.29, 0.717) is 11.6 Å². The Labute approximate surface area is 136 Å². The van der Waals surface area contributed by atoms with Crippen molar-refractivity contribution in [1.29, 1.82) is 0 Å². The van der Waals surface area contributed by atoms with E-state index in [4.69, 9.17) is 11.6 Å². The first-order chi connectivity index (χ1) is 10.4. The van der Waals surface area contributed by atoms with Crippen molar-refractivity contribution >= 4 is 27.5 Å². The van der Waals surface area contributed by atoms with Crippen molar-refractivity contribution in [2.45, 2.75) is 31.7 Å². The van der Waals surface area contributed by atoms with Crippen LogP contribution in [-0.2, 0) is 21.2 Å². The Bertz CT molecular complexity index is 633. The molecule has 1 aromatic carbocycles. The van der Waals surface area contributed by atoms with E-state index in [0.717, 1.165) is 31.1 Å². The van der Waals surface area contributed by atoms with Crippen LogP contribution < -0.4 is 4.72 Å². The van der Waals surface area contributed by atoms with E-state index in [-0.39, 0.29) is 24.9 Å². The highest BCUT2D eigenvalue weighted by molar-refractivity contribution is 7.88. The molecular weight excluding hydrogens is 324 g/mol. The van der Waals surface area contributed by atoms with Crippen LogP contribution in [0.3, 0.4) is 0 Å². The van der Waals surface area contributed by atoms with E-state index in [1.54, 1.807) is 11.0 Å². The lowest BCUT2D eigenvalue weighted by atomic mass is 10.0. The first-order valence-electron chi connectivity index (χ1n) is 7.34. The summed E-state index contributed by atoms with van der Waals surface area (Å²) in [6.07, 6.45) is 4.15. The number of halogens is 1. The number of benzene rings is 1. The fourth-order valence-corrected chi connectivity index (χ4v) is 3.39. The smallest absolute Gasteiger partial charge is 0.227 e. The Balaban J connectivity index is 2.03. The zero-order valence-electron chi connectivity index (χ0n) is 12.6. The second kappa shape index (κ2) is 7.44. The monoisotopic (exact) mass is 344 g/mol. The number of carbonyl (C=O) groups is 1. The van der Waals surface area contributed by atoms with Crippen molar-refractivity contribution in [2.75, 3.05) is 19.3 Å². The summed E-state index contributed by atoms with van der Waals surface area (Å²) in [5, 5.41) is 0.582. The molecule has 1 heterocycles. The predicted molar refractivity (Wildman–Crippen MR) is 87.4 cm³/mol. The molecule has 5 nitrogen and oxygen atoms in total. The van der Waals surface area contributed by atoms with Gasteiger partial charge in [0.1, 0.15) is 0 Å².